The predicted molar refractivity (Wildman–Crippen MR) is 98.7 cm³/mol. The van der Waals surface area contributed by atoms with Gasteiger partial charge in [0.1, 0.15) is 16.3 Å². The molecule has 3 heterocycles. The summed E-state index contributed by atoms with van der Waals surface area (Å²) in [6.07, 6.45) is 3.38. The maximum Gasteiger partial charge on any atom is 0.276 e. The summed E-state index contributed by atoms with van der Waals surface area (Å²) in [6.45, 7) is 6.24. The van der Waals surface area contributed by atoms with Crippen molar-refractivity contribution in [3.05, 3.63) is 39.2 Å². The number of nitrogens with one attached hydrogen (secondary N) is 1. The molecule has 0 saturated heterocycles. The normalized spacial score (nSPS) is 11.4. The summed E-state index contributed by atoms with van der Waals surface area (Å²) in [4.78, 5) is 17.3. The van der Waals surface area contributed by atoms with Gasteiger partial charge in [0.25, 0.3) is 5.91 Å². The third kappa shape index (κ3) is 3.49. The molecule has 0 fully saturated rings. The molecule has 3 aromatic rings. The smallest absolute Gasteiger partial charge is 0.276 e. The molecular weight excluding hydrogens is 390 g/mol. The van der Waals surface area contributed by atoms with Crippen LogP contribution in [0.1, 0.15) is 42.0 Å². The van der Waals surface area contributed by atoms with Crippen LogP contribution < -0.4 is 5.32 Å². The number of aromatic nitrogens is 4. The van der Waals surface area contributed by atoms with E-state index in [9.17, 15) is 4.79 Å². The molecule has 0 aliphatic heterocycles. The van der Waals surface area contributed by atoms with Crippen LogP contribution in [-0.2, 0) is 12.8 Å². The third-order valence-electron chi connectivity index (χ3n) is 3.47. The van der Waals surface area contributed by atoms with Gasteiger partial charge in [0, 0.05) is 17.1 Å². The van der Waals surface area contributed by atoms with E-state index in [1.54, 1.807) is 4.40 Å². The van der Waals surface area contributed by atoms with Crippen LogP contribution in [0.2, 0.25) is 0 Å². The van der Waals surface area contributed by atoms with Crippen LogP contribution in [0.15, 0.2) is 22.8 Å². The average Bonchev–Trinajstić information content (AvgIpc) is 3.09. The Morgan fingerprint density at radius 2 is 2.17 bits per heavy atom. The molecule has 3 aromatic heterocycles. The molecule has 0 bridgehead atoms. The number of carbonyl (C=O) groups is 1. The molecule has 1 N–H and O–H groups in total. The predicted octanol–water partition coefficient (Wildman–Crippen LogP) is 3.96. The Bertz CT molecular complexity index is 886. The number of amides is 1. The van der Waals surface area contributed by atoms with E-state index >= 15 is 0 Å². The summed E-state index contributed by atoms with van der Waals surface area (Å²) in [5.41, 5.74) is 2.05. The first-order valence-corrected chi connectivity index (χ1v) is 9.39. The zero-order valence-electron chi connectivity index (χ0n) is 13.7. The van der Waals surface area contributed by atoms with Gasteiger partial charge in [0.05, 0.1) is 5.69 Å². The number of halogens is 1. The van der Waals surface area contributed by atoms with Crippen LogP contribution in [0.25, 0.3) is 5.65 Å². The molecule has 0 saturated carbocycles. The van der Waals surface area contributed by atoms with Crippen molar-refractivity contribution in [1.29, 1.82) is 0 Å². The van der Waals surface area contributed by atoms with Gasteiger partial charge in [0.2, 0.25) is 5.13 Å². The zero-order chi connectivity index (χ0) is 17.3. The Kier molecular flexibility index (Phi) is 4.96. The van der Waals surface area contributed by atoms with Crippen molar-refractivity contribution >= 4 is 44.0 Å². The van der Waals surface area contributed by atoms with Crippen molar-refractivity contribution in [2.24, 2.45) is 5.92 Å². The number of aryl methyl sites for hydroxylation is 1. The fraction of sp³-hybridized carbons (Fsp3) is 0.375. The van der Waals surface area contributed by atoms with Crippen molar-refractivity contribution in [3.63, 3.8) is 0 Å². The van der Waals surface area contributed by atoms with Crippen LogP contribution >= 0.6 is 27.3 Å². The fourth-order valence-electron chi connectivity index (χ4n) is 2.45. The number of anilines is 1. The van der Waals surface area contributed by atoms with E-state index in [4.69, 9.17) is 0 Å². The fourth-order valence-corrected chi connectivity index (χ4v) is 3.73. The topological polar surface area (TPSA) is 72.2 Å². The monoisotopic (exact) mass is 407 g/mol. The highest BCUT2D eigenvalue weighted by molar-refractivity contribution is 9.10. The first-order chi connectivity index (χ1) is 11.5. The Balaban J connectivity index is 1.90. The number of nitrogens with zero attached hydrogens (tertiary/aromatic N) is 4. The van der Waals surface area contributed by atoms with E-state index in [1.165, 1.54) is 11.3 Å². The summed E-state index contributed by atoms with van der Waals surface area (Å²) in [5.74, 6) is 0.286. The van der Waals surface area contributed by atoms with Crippen molar-refractivity contribution < 1.29 is 4.79 Å². The molecule has 24 heavy (non-hydrogen) atoms. The SMILES string of the molecule is CCc1nc2ccc(Br)cn2c1C(=O)Nc1nnc(CC(C)C)s1. The molecule has 0 aromatic carbocycles. The van der Waals surface area contributed by atoms with E-state index in [2.05, 4.69) is 50.3 Å². The van der Waals surface area contributed by atoms with E-state index in [0.29, 0.717) is 23.2 Å². The molecule has 1 amide bonds. The van der Waals surface area contributed by atoms with Gasteiger partial charge in [-0.1, -0.05) is 32.1 Å². The first-order valence-electron chi connectivity index (χ1n) is 7.78. The van der Waals surface area contributed by atoms with Crippen molar-refractivity contribution in [1.82, 2.24) is 19.6 Å². The summed E-state index contributed by atoms with van der Waals surface area (Å²) in [6, 6.07) is 3.79. The highest BCUT2D eigenvalue weighted by atomic mass is 79.9. The highest BCUT2D eigenvalue weighted by Gasteiger charge is 2.20. The largest absolute Gasteiger partial charge is 0.295 e. The van der Waals surface area contributed by atoms with Gasteiger partial charge in [-0.2, -0.15) is 0 Å². The minimum absolute atomic E-state index is 0.218. The van der Waals surface area contributed by atoms with Crippen LogP contribution in [0.5, 0.6) is 0 Å². The van der Waals surface area contributed by atoms with Gasteiger partial charge in [-0.25, -0.2) is 4.98 Å². The molecular formula is C16H18BrN5OS. The summed E-state index contributed by atoms with van der Waals surface area (Å²) >= 11 is 4.86. The van der Waals surface area contributed by atoms with E-state index in [0.717, 1.165) is 27.2 Å². The molecule has 0 unspecified atom stereocenters. The summed E-state index contributed by atoms with van der Waals surface area (Å²) < 4.78 is 2.69. The molecule has 0 radical (unpaired) electrons. The summed E-state index contributed by atoms with van der Waals surface area (Å²) in [5, 5.41) is 12.5. The molecule has 8 heteroatoms. The lowest BCUT2D eigenvalue weighted by Crippen LogP contribution is -2.16. The van der Waals surface area contributed by atoms with Crippen LogP contribution in [0, 0.1) is 5.92 Å². The summed E-state index contributed by atoms with van der Waals surface area (Å²) in [7, 11) is 0. The minimum Gasteiger partial charge on any atom is -0.295 e. The van der Waals surface area contributed by atoms with Crippen molar-refractivity contribution in [3.8, 4) is 0 Å². The lowest BCUT2D eigenvalue weighted by molar-refractivity contribution is 0.102. The Hall–Kier alpha value is -1.80. The number of rotatable bonds is 5. The number of pyridine rings is 1. The number of carbonyl (C=O) groups excluding carboxylic acids is 1. The standard InChI is InChI=1S/C16H18BrN5OS/c1-4-11-14(22-8-10(17)5-6-12(22)18-11)15(23)19-16-21-20-13(24-16)7-9(2)3/h5-6,8-9H,4,7H2,1-3H3,(H,19,21,23). The molecule has 0 aliphatic carbocycles. The van der Waals surface area contributed by atoms with Crippen LogP contribution in [0.3, 0.4) is 0 Å². The van der Waals surface area contributed by atoms with E-state index in [-0.39, 0.29) is 5.91 Å². The molecule has 126 valence electrons. The number of hydrogen-bond acceptors (Lipinski definition) is 5. The Morgan fingerprint density at radius 3 is 2.88 bits per heavy atom. The molecule has 0 spiro atoms. The number of hydrogen-bond donors (Lipinski definition) is 1. The Labute approximate surface area is 152 Å². The van der Waals surface area contributed by atoms with Gasteiger partial charge in [-0.05, 0) is 40.4 Å². The molecule has 0 atom stereocenters. The van der Waals surface area contributed by atoms with Gasteiger partial charge in [0.15, 0.2) is 0 Å². The zero-order valence-corrected chi connectivity index (χ0v) is 16.1. The number of imidazole rings is 1. The number of fused-ring (bicyclic) bond motifs is 1. The molecule has 6 nitrogen and oxygen atoms in total. The maximum absolute atomic E-state index is 12.8. The van der Waals surface area contributed by atoms with Crippen LogP contribution in [-0.4, -0.2) is 25.5 Å². The first kappa shape index (κ1) is 17.0. The second-order valence-corrected chi connectivity index (χ2v) is 7.87. The average molecular weight is 408 g/mol. The molecule has 3 rings (SSSR count). The second kappa shape index (κ2) is 6.98. The lowest BCUT2D eigenvalue weighted by Gasteiger charge is -2.04. The van der Waals surface area contributed by atoms with E-state index in [1.807, 2.05) is 25.3 Å². The van der Waals surface area contributed by atoms with Gasteiger partial charge in [-0.3, -0.25) is 14.5 Å². The van der Waals surface area contributed by atoms with Crippen molar-refractivity contribution in [2.75, 3.05) is 5.32 Å². The van der Waals surface area contributed by atoms with Crippen LogP contribution in [0.4, 0.5) is 5.13 Å². The van der Waals surface area contributed by atoms with Crippen molar-refractivity contribution in [2.45, 2.75) is 33.6 Å². The second-order valence-electron chi connectivity index (χ2n) is 5.89. The lowest BCUT2D eigenvalue weighted by atomic mass is 10.1. The third-order valence-corrected chi connectivity index (χ3v) is 4.80. The minimum atomic E-state index is -0.218. The van der Waals surface area contributed by atoms with Gasteiger partial charge >= 0.3 is 0 Å². The van der Waals surface area contributed by atoms with Gasteiger partial charge < -0.3 is 0 Å². The highest BCUT2D eigenvalue weighted by Crippen LogP contribution is 2.22. The maximum atomic E-state index is 12.8. The quantitative estimate of drug-likeness (QED) is 0.694. The van der Waals surface area contributed by atoms with Gasteiger partial charge in [-0.15, -0.1) is 10.2 Å². The Morgan fingerprint density at radius 1 is 1.38 bits per heavy atom. The molecule has 0 aliphatic rings. The van der Waals surface area contributed by atoms with E-state index < -0.39 is 0 Å².